The maximum Gasteiger partial charge on any atom is 0.204 e. The Balaban J connectivity index is 1.79. The zero-order valence-electron chi connectivity index (χ0n) is 11.2. The van der Waals surface area contributed by atoms with Crippen LogP contribution in [0.5, 0.6) is 5.75 Å². The number of nitrogens with zero attached hydrogens (tertiary/aromatic N) is 2. The van der Waals surface area contributed by atoms with Crippen molar-refractivity contribution in [1.29, 1.82) is 0 Å². The summed E-state index contributed by atoms with van der Waals surface area (Å²) in [6.45, 7) is 2.85. The molecule has 0 aliphatic carbocycles. The average molecular weight is 334 g/mol. The van der Waals surface area contributed by atoms with Crippen LogP contribution < -0.4 is 10.1 Å². The van der Waals surface area contributed by atoms with Crippen LogP contribution in [0.15, 0.2) is 22.8 Å². The van der Waals surface area contributed by atoms with Crippen LogP contribution >= 0.6 is 15.9 Å². The van der Waals surface area contributed by atoms with Crippen LogP contribution in [0, 0.1) is 0 Å². The Hall–Kier alpha value is -1.49. The molecule has 0 saturated carbocycles. The lowest BCUT2D eigenvalue weighted by Crippen LogP contribution is -2.17. The lowest BCUT2D eigenvalue weighted by atomic mass is 10.0. The van der Waals surface area contributed by atoms with Crippen molar-refractivity contribution in [3.8, 4) is 17.0 Å². The second kappa shape index (κ2) is 4.81. The van der Waals surface area contributed by atoms with Crippen LogP contribution in [0.3, 0.4) is 0 Å². The zero-order valence-corrected chi connectivity index (χ0v) is 12.7. The Kier molecular flexibility index (Phi) is 2.95. The molecule has 1 aromatic heterocycles. The zero-order chi connectivity index (χ0) is 13.5. The molecule has 0 radical (unpaired) electrons. The second-order valence-electron chi connectivity index (χ2n) is 5.28. The molecule has 2 aromatic rings. The molecule has 0 saturated heterocycles. The number of aromatic nitrogens is 2. The van der Waals surface area contributed by atoms with E-state index in [2.05, 4.69) is 44.0 Å². The molecule has 0 unspecified atom stereocenters. The van der Waals surface area contributed by atoms with E-state index in [-0.39, 0.29) is 0 Å². The Morgan fingerprint density at radius 2 is 2.25 bits per heavy atom. The van der Waals surface area contributed by atoms with E-state index in [1.807, 2.05) is 0 Å². The van der Waals surface area contributed by atoms with Gasteiger partial charge in [-0.25, -0.2) is 4.98 Å². The van der Waals surface area contributed by atoms with E-state index in [9.17, 15) is 0 Å². The molecule has 2 aliphatic rings. The van der Waals surface area contributed by atoms with Gasteiger partial charge in [0.2, 0.25) is 5.95 Å². The summed E-state index contributed by atoms with van der Waals surface area (Å²) in [5.41, 5.74) is 3.46. The first kappa shape index (κ1) is 12.3. The van der Waals surface area contributed by atoms with Gasteiger partial charge in [-0.1, -0.05) is 0 Å². The first-order valence-corrected chi connectivity index (χ1v) is 7.88. The van der Waals surface area contributed by atoms with Crippen molar-refractivity contribution in [2.24, 2.45) is 0 Å². The number of fused-ring (bicyclic) bond motifs is 2. The van der Waals surface area contributed by atoms with E-state index in [1.165, 1.54) is 5.56 Å². The number of ether oxygens (including phenoxy) is 1. The summed E-state index contributed by atoms with van der Waals surface area (Å²) in [6.07, 6.45) is 3.32. The number of hydrogen-bond acceptors (Lipinski definition) is 3. The molecule has 3 heterocycles. The van der Waals surface area contributed by atoms with Gasteiger partial charge in [0.05, 0.1) is 6.61 Å². The number of halogens is 1. The lowest BCUT2D eigenvalue weighted by molar-refractivity contribution is 0.288. The molecule has 0 spiro atoms. The maximum atomic E-state index is 5.68. The van der Waals surface area contributed by atoms with Gasteiger partial charge in [-0.05, 0) is 59.0 Å². The summed E-state index contributed by atoms with van der Waals surface area (Å²) in [7, 11) is 0. The summed E-state index contributed by atoms with van der Waals surface area (Å²) in [5.74, 6) is 1.99. The molecular formula is C15H16BrN3O. The van der Waals surface area contributed by atoms with E-state index >= 15 is 0 Å². The quantitative estimate of drug-likeness (QED) is 0.868. The van der Waals surface area contributed by atoms with E-state index < -0.39 is 0 Å². The largest absolute Gasteiger partial charge is 0.493 e. The molecule has 0 fully saturated rings. The molecule has 5 heteroatoms. The van der Waals surface area contributed by atoms with Crippen molar-refractivity contribution >= 4 is 21.9 Å². The van der Waals surface area contributed by atoms with Crippen LogP contribution in [0.4, 0.5) is 5.95 Å². The van der Waals surface area contributed by atoms with Gasteiger partial charge in [0.1, 0.15) is 16.0 Å². The number of rotatable bonds is 1. The van der Waals surface area contributed by atoms with E-state index in [4.69, 9.17) is 9.72 Å². The van der Waals surface area contributed by atoms with Gasteiger partial charge in [0, 0.05) is 18.7 Å². The lowest BCUT2D eigenvalue weighted by Gasteiger charge is -2.17. The predicted octanol–water partition coefficient (Wildman–Crippen LogP) is 3.45. The Bertz CT molecular complexity index is 665. The Labute approximate surface area is 126 Å². The third-order valence-corrected chi connectivity index (χ3v) is 4.73. The maximum absolute atomic E-state index is 5.68. The van der Waals surface area contributed by atoms with E-state index in [1.54, 1.807) is 0 Å². The molecule has 4 nitrogen and oxygen atoms in total. The molecular weight excluding hydrogens is 318 g/mol. The summed E-state index contributed by atoms with van der Waals surface area (Å²) in [6, 6.07) is 6.39. The summed E-state index contributed by atoms with van der Waals surface area (Å²) in [4.78, 5) is 4.73. The highest BCUT2D eigenvalue weighted by Crippen LogP contribution is 2.35. The normalized spacial score (nSPS) is 16.9. The smallest absolute Gasteiger partial charge is 0.204 e. The van der Waals surface area contributed by atoms with Gasteiger partial charge in [-0.15, -0.1) is 0 Å². The highest BCUT2D eigenvalue weighted by molar-refractivity contribution is 9.10. The van der Waals surface area contributed by atoms with Crippen molar-refractivity contribution in [3.05, 3.63) is 28.4 Å². The highest BCUT2D eigenvalue weighted by atomic mass is 79.9. The number of benzene rings is 1. The molecule has 0 amide bonds. The minimum absolute atomic E-state index is 0.832. The number of aryl methyl sites for hydroxylation is 1. The number of hydrogen-bond donors (Lipinski definition) is 1. The summed E-state index contributed by atoms with van der Waals surface area (Å²) in [5, 5.41) is 3.35. The van der Waals surface area contributed by atoms with Crippen molar-refractivity contribution < 1.29 is 4.74 Å². The topological polar surface area (TPSA) is 39.1 Å². The third kappa shape index (κ3) is 1.92. The van der Waals surface area contributed by atoms with Gasteiger partial charge in [-0.2, -0.15) is 0 Å². The molecule has 20 heavy (non-hydrogen) atoms. The van der Waals surface area contributed by atoms with Crippen LogP contribution in [0.1, 0.15) is 18.4 Å². The molecule has 1 N–H and O–H groups in total. The van der Waals surface area contributed by atoms with Crippen molar-refractivity contribution in [2.75, 3.05) is 18.5 Å². The molecule has 104 valence electrons. The molecule has 1 aromatic carbocycles. The standard InChI is InChI=1S/C15H16BrN3O/c16-14-13(18-15-17-6-2-7-19(14)15)11-4-5-12-10(9-11)3-1-8-20-12/h4-5,9H,1-3,6-8H2,(H,17,18). The van der Waals surface area contributed by atoms with Crippen LogP contribution in [0.2, 0.25) is 0 Å². The fourth-order valence-corrected chi connectivity index (χ4v) is 3.56. The molecule has 0 bridgehead atoms. The first-order valence-electron chi connectivity index (χ1n) is 7.09. The van der Waals surface area contributed by atoms with Gasteiger partial charge in [-0.3, -0.25) is 0 Å². The SMILES string of the molecule is Brc1c(-c2ccc3c(c2)CCCO3)nc2n1CCCN2. The van der Waals surface area contributed by atoms with Gasteiger partial charge in [0.25, 0.3) is 0 Å². The third-order valence-electron chi connectivity index (χ3n) is 3.93. The van der Waals surface area contributed by atoms with Crippen LogP contribution in [-0.2, 0) is 13.0 Å². The van der Waals surface area contributed by atoms with Crippen LogP contribution in [-0.4, -0.2) is 22.7 Å². The van der Waals surface area contributed by atoms with Gasteiger partial charge < -0.3 is 14.6 Å². The minimum atomic E-state index is 0.832. The fourth-order valence-electron chi connectivity index (χ4n) is 2.90. The fraction of sp³-hybridized carbons (Fsp3) is 0.400. The van der Waals surface area contributed by atoms with E-state index in [0.29, 0.717) is 0 Å². The monoisotopic (exact) mass is 333 g/mol. The Morgan fingerprint density at radius 1 is 1.30 bits per heavy atom. The molecule has 0 atom stereocenters. The molecule has 4 rings (SSSR count). The predicted molar refractivity (Wildman–Crippen MR) is 82.3 cm³/mol. The van der Waals surface area contributed by atoms with Crippen molar-refractivity contribution in [2.45, 2.75) is 25.8 Å². The van der Waals surface area contributed by atoms with Gasteiger partial charge in [0.15, 0.2) is 0 Å². The summed E-state index contributed by atoms with van der Waals surface area (Å²) < 4.78 is 8.95. The van der Waals surface area contributed by atoms with Crippen molar-refractivity contribution in [1.82, 2.24) is 9.55 Å². The summed E-state index contributed by atoms with van der Waals surface area (Å²) >= 11 is 3.70. The number of imidazole rings is 1. The number of anilines is 1. The second-order valence-corrected chi connectivity index (χ2v) is 6.03. The highest BCUT2D eigenvalue weighted by Gasteiger charge is 2.20. The Morgan fingerprint density at radius 3 is 3.15 bits per heavy atom. The average Bonchev–Trinajstić information content (AvgIpc) is 2.84. The first-order chi connectivity index (χ1) is 9.83. The van der Waals surface area contributed by atoms with Gasteiger partial charge >= 0.3 is 0 Å². The van der Waals surface area contributed by atoms with E-state index in [0.717, 1.165) is 66.5 Å². The van der Waals surface area contributed by atoms with Crippen LogP contribution in [0.25, 0.3) is 11.3 Å². The number of nitrogens with one attached hydrogen (secondary N) is 1. The minimum Gasteiger partial charge on any atom is -0.493 e. The van der Waals surface area contributed by atoms with Crippen molar-refractivity contribution in [3.63, 3.8) is 0 Å². The molecule has 2 aliphatic heterocycles.